The zero-order valence-corrected chi connectivity index (χ0v) is 11.4. The molecule has 104 valence electrons. The third-order valence-electron chi connectivity index (χ3n) is 3.20. The van der Waals surface area contributed by atoms with Gasteiger partial charge < -0.3 is 9.52 Å². The Kier molecular flexibility index (Phi) is 3.28. The predicted octanol–water partition coefficient (Wildman–Crippen LogP) is 3.64. The van der Waals surface area contributed by atoms with Gasteiger partial charge in [0, 0.05) is 0 Å². The van der Waals surface area contributed by atoms with Crippen LogP contribution >= 0.6 is 0 Å². The lowest BCUT2D eigenvalue weighted by Crippen LogP contribution is -2.12. The number of aliphatic imine (C=N–C) groups is 1. The SMILES string of the molecule is CC(=Nc1ccccc1)c1c(O)c2ccccc2oc1=O. The molecule has 3 aromatic rings. The molecule has 0 aliphatic heterocycles. The van der Waals surface area contributed by atoms with E-state index in [1.54, 1.807) is 31.2 Å². The third kappa shape index (κ3) is 2.43. The van der Waals surface area contributed by atoms with Crippen LogP contribution in [-0.4, -0.2) is 10.8 Å². The zero-order chi connectivity index (χ0) is 14.8. The first-order valence-electron chi connectivity index (χ1n) is 6.52. The highest BCUT2D eigenvalue weighted by Crippen LogP contribution is 2.27. The maximum absolute atomic E-state index is 12.1. The maximum Gasteiger partial charge on any atom is 0.349 e. The molecule has 0 aliphatic carbocycles. The van der Waals surface area contributed by atoms with Crippen LogP contribution in [0.1, 0.15) is 12.5 Å². The van der Waals surface area contributed by atoms with Crippen molar-refractivity contribution in [2.45, 2.75) is 6.92 Å². The Hall–Kier alpha value is -2.88. The number of hydrogen-bond acceptors (Lipinski definition) is 4. The van der Waals surface area contributed by atoms with Crippen molar-refractivity contribution in [3.8, 4) is 5.75 Å². The van der Waals surface area contributed by atoms with Gasteiger partial charge in [0.05, 0.1) is 16.8 Å². The van der Waals surface area contributed by atoms with Gasteiger partial charge >= 0.3 is 5.63 Å². The van der Waals surface area contributed by atoms with E-state index in [4.69, 9.17) is 4.42 Å². The van der Waals surface area contributed by atoms with Gasteiger partial charge in [-0.2, -0.15) is 0 Å². The first kappa shape index (κ1) is 13.1. The van der Waals surface area contributed by atoms with Gasteiger partial charge in [-0.05, 0) is 31.2 Å². The van der Waals surface area contributed by atoms with Crippen molar-refractivity contribution >= 4 is 22.4 Å². The molecule has 0 amide bonds. The molecule has 0 saturated heterocycles. The van der Waals surface area contributed by atoms with E-state index in [0.29, 0.717) is 22.4 Å². The molecule has 1 N–H and O–H groups in total. The smallest absolute Gasteiger partial charge is 0.349 e. The molecule has 0 bridgehead atoms. The maximum atomic E-state index is 12.1. The molecule has 1 heterocycles. The summed E-state index contributed by atoms with van der Waals surface area (Å²) in [7, 11) is 0. The van der Waals surface area contributed by atoms with E-state index in [0.717, 1.165) is 0 Å². The number of fused-ring (bicyclic) bond motifs is 1. The highest BCUT2D eigenvalue weighted by molar-refractivity contribution is 6.05. The van der Waals surface area contributed by atoms with Crippen LogP contribution in [0.2, 0.25) is 0 Å². The van der Waals surface area contributed by atoms with Gasteiger partial charge in [0.25, 0.3) is 0 Å². The molecular formula is C17H13NO3. The lowest BCUT2D eigenvalue weighted by Gasteiger charge is -2.06. The molecular weight excluding hydrogens is 266 g/mol. The van der Waals surface area contributed by atoms with Crippen LogP contribution in [0, 0.1) is 0 Å². The molecule has 21 heavy (non-hydrogen) atoms. The van der Waals surface area contributed by atoms with Gasteiger partial charge in [0.15, 0.2) is 0 Å². The van der Waals surface area contributed by atoms with Crippen molar-refractivity contribution in [2.75, 3.05) is 0 Å². The number of aromatic hydroxyl groups is 1. The van der Waals surface area contributed by atoms with Crippen LogP contribution in [0.25, 0.3) is 11.0 Å². The summed E-state index contributed by atoms with van der Waals surface area (Å²) in [5.41, 5.74) is 0.984. The summed E-state index contributed by atoms with van der Waals surface area (Å²) in [5.74, 6) is -0.0981. The summed E-state index contributed by atoms with van der Waals surface area (Å²) in [4.78, 5) is 16.4. The van der Waals surface area contributed by atoms with Crippen LogP contribution in [0.15, 0.2) is 68.8 Å². The first-order valence-corrected chi connectivity index (χ1v) is 6.52. The van der Waals surface area contributed by atoms with Gasteiger partial charge in [0.1, 0.15) is 16.9 Å². The zero-order valence-electron chi connectivity index (χ0n) is 11.4. The largest absolute Gasteiger partial charge is 0.506 e. The summed E-state index contributed by atoms with van der Waals surface area (Å²) in [6.45, 7) is 1.67. The Labute approximate surface area is 121 Å². The molecule has 2 aromatic carbocycles. The van der Waals surface area contributed by atoms with Crippen molar-refractivity contribution in [3.63, 3.8) is 0 Å². The fourth-order valence-electron chi connectivity index (χ4n) is 2.20. The van der Waals surface area contributed by atoms with Gasteiger partial charge in [-0.3, -0.25) is 4.99 Å². The topological polar surface area (TPSA) is 62.8 Å². The summed E-state index contributed by atoms with van der Waals surface area (Å²) < 4.78 is 5.24. The molecule has 0 fully saturated rings. The minimum atomic E-state index is -0.594. The van der Waals surface area contributed by atoms with E-state index in [1.807, 2.05) is 30.3 Å². The Morgan fingerprint density at radius 2 is 1.71 bits per heavy atom. The minimum absolute atomic E-state index is 0.0950. The van der Waals surface area contributed by atoms with Crippen molar-refractivity contribution in [2.24, 2.45) is 4.99 Å². The Bertz CT molecular complexity index is 879. The van der Waals surface area contributed by atoms with Gasteiger partial charge in [-0.15, -0.1) is 0 Å². The highest BCUT2D eigenvalue weighted by Gasteiger charge is 2.16. The van der Waals surface area contributed by atoms with Crippen LogP contribution in [0.4, 0.5) is 5.69 Å². The molecule has 0 atom stereocenters. The highest BCUT2D eigenvalue weighted by atomic mass is 16.4. The van der Waals surface area contributed by atoms with Crippen molar-refractivity contribution in [1.29, 1.82) is 0 Å². The molecule has 0 aliphatic rings. The van der Waals surface area contributed by atoms with E-state index in [2.05, 4.69) is 4.99 Å². The molecule has 0 unspecified atom stereocenters. The number of hydrogen-bond donors (Lipinski definition) is 1. The minimum Gasteiger partial charge on any atom is -0.506 e. The van der Waals surface area contributed by atoms with Crippen LogP contribution < -0.4 is 5.63 Å². The summed E-state index contributed by atoms with van der Waals surface area (Å²) in [5, 5.41) is 10.8. The van der Waals surface area contributed by atoms with Crippen LogP contribution in [0.5, 0.6) is 5.75 Å². The second-order valence-corrected chi connectivity index (χ2v) is 4.64. The normalized spacial score (nSPS) is 11.8. The first-order chi connectivity index (χ1) is 10.2. The summed E-state index contributed by atoms with van der Waals surface area (Å²) in [6.07, 6.45) is 0. The van der Waals surface area contributed by atoms with Crippen molar-refractivity contribution in [1.82, 2.24) is 0 Å². The van der Waals surface area contributed by atoms with Gasteiger partial charge in [0.2, 0.25) is 0 Å². The number of nitrogens with zero attached hydrogens (tertiary/aromatic N) is 1. The lowest BCUT2D eigenvalue weighted by atomic mass is 10.1. The lowest BCUT2D eigenvalue weighted by molar-refractivity contribution is 0.466. The molecule has 4 nitrogen and oxygen atoms in total. The Morgan fingerprint density at radius 3 is 2.48 bits per heavy atom. The van der Waals surface area contributed by atoms with Crippen molar-refractivity contribution < 1.29 is 9.52 Å². The van der Waals surface area contributed by atoms with E-state index in [1.165, 1.54) is 0 Å². The number of rotatable bonds is 2. The summed E-state index contributed by atoms with van der Waals surface area (Å²) >= 11 is 0. The molecule has 0 saturated carbocycles. The standard InChI is InChI=1S/C17H13NO3/c1-11(18-12-7-3-2-4-8-12)15-16(19)13-9-5-6-10-14(13)21-17(15)20/h2-10,19H,1H3. The van der Waals surface area contributed by atoms with Gasteiger partial charge in [-0.1, -0.05) is 30.3 Å². The quantitative estimate of drug-likeness (QED) is 0.575. The Balaban J connectivity index is 2.21. The fraction of sp³-hybridized carbons (Fsp3) is 0.0588. The second-order valence-electron chi connectivity index (χ2n) is 4.64. The van der Waals surface area contributed by atoms with E-state index in [-0.39, 0.29) is 11.3 Å². The molecule has 0 radical (unpaired) electrons. The van der Waals surface area contributed by atoms with Gasteiger partial charge in [-0.25, -0.2) is 4.79 Å². The fourth-order valence-corrected chi connectivity index (χ4v) is 2.20. The summed E-state index contributed by atoms with van der Waals surface area (Å²) in [6, 6.07) is 16.1. The van der Waals surface area contributed by atoms with Crippen molar-refractivity contribution in [3.05, 3.63) is 70.6 Å². The molecule has 1 aromatic heterocycles. The van der Waals surface area contributed by atoms with E-state index < -0.39 is 5.63 Å². The second kappa shape index (κ2) is 5.25. The third-order valence-corrected chi connectivity index (χ3v) is 3.20. The van der Waals surface area contributed by atoms with Crippen LogP contribution in [-0.2, 0) is 0 Å². The van der Waals surface area contributed by atoms with E-state index in [9.17, 15) is 9.90 Å². The average molecular weight is 279 g/mol. The predicted molar refractivity (Wildman–Crippen MR) is 82.5 cm³/mol. The molecule has 0 spiro atoms. The Morgan fingerprint density at radius 1 is 1.05 bits per heavy atom. The van der Waals surface area contributed by atoms with Crippen LogP contribution in [0.3, 0.4) is 0 Å². The average Bonchev–Trinajstić information content (AvgIpc) is 2.48. The monoisotopic (exact) mass is 279 g/mol. The number of para-hydroxylation sites is 2. The molecule has 4 heteroatoms. The molecule has 3 rings (SSSR count). The van der Waals surface area contributed by atoms with E-state index >= 15 is 0 Å². The number of benzene rings is 2.